The first-order chi connectivity index (χ1) is 6.07. The van der Waals surface area contributed by atoms with Crippen LogP contribution in [0.2, 0.25) is 0 Å². The molecule has 0 bridgehead atoms. The van der Waals surface area contributed by atoms with Gasteiger partial charge in [-0.2, -0.15) is 0 Å². The second kappa shape index (κ2) is 7.34. The van der Waals surface area contributed by atoms with Crippen molar-refractivity contribution in [3.05, 3.63) is 0 Å². The minimum absolute atomic E-state index is 0.0799. The fourth-order valence-corrected chi connectivity index (χ4v) is 1.39. The van der Waals surface area contributed by atoms with Crippen molar-refractivity contribution in [2.24, 2.45) is 5.92 Å². The Morgan fingerprint density at radius 1 is 1.38 bits per heavy atom. The van der Waals surface area contributed by atoms with Gasteiger partial charge >= 0.3 is 0 Å². The summed E-state index contributed by atoms with van der Waals surface area (Å²) in [5.41, 5.74) is 0. The predicted octanol–water partition coefficient (Wildman–Crippen LogP) is 2.64. The molecule has 0 heterocycles. The second-order valence-electron chi connectivity index (χ2n) is 3.49. The molecule has 0 radical (unpaired) electrons. The zero-order valence-electron chi connectivity index (χ0n) is 8.68. The summed E-state index contributed by atoms with van der Waals surface area (Å²) >= 11 is 5.59. The number of Topliss-reactive ketones (excluding diaryl/α,β-unsaturated/α-hetero) is 1. The molecule has 3 heteroatoms. The summed E-state index contributed by atoms with van der Waals surface area (Å²) in [6, 6.07) is 0. The molecule has 0 fully saturated rings. The maximum absolute atomic E-state index is 11.1. The standard InChI is InChI=1S/C10H19ClO2/c1-8(2)13-7-5-10(4-6-11)9(3)12/h8,10H,4-7H2,1-3H3. The molecule has 0 amide bonds. The zero-order valence-corrected chi connectivity index (χ0v) is 9.43. The number of ether oxygens (including phenoxy) is 1. The summed E-state index contributed by atoms with van der Waals surface area (Å²) in [6.45, 7) is 6.25. The van der Waals surface area contributed by atoms with Gasteiger partial charge in [-0.1, -0.05) is 0 Å². The fourth-order valence-electron chi connectivity index (χ4n) is 1.13. The lowest BCUT2D eigenvalue weighted by Crippen LogP contribution is -2.16. The van der Waals surface area contributed by atoms with E-state index >= 15 is 0 Å². The summed E-state index contributed by atoms with van der Waals surface area (Å²) in [5, 5.41) is 0. The normalized spacial score (nSPS) is 13.3. The fraction of sp³-hybridized carbons (Fsp3) is 0.900. The Bertz CT molecular complexity index is 146. The van der Waals surface area contributed by atoms with Crippen LogP contribution in [-0.2, 0) is 9.53 Å². The first kappa shape index (κ1) is 12.9. The number of halogens is 1. The highest BCUT2D eigenvalue weighted by molar-refractivity contribution is 6.18. The number of carbonyl (C=O) groups is 1. The Kier molecular flexibility index (Phi) is 7.29. The van der Waals surface area contributed by atoms with E-state index in [4.69, 9.17) is 16.3 Å². The van der Waals surface area contributed by atoms with Gasteiger partial charge in [-0.15, -0.1) is 11.6 Å². The van der Waals surface area contributed by atoms with E-state index in [-0.39, 0.29) is 17.8 Å². The third-order valence-electron chi connectivity index (χ3n) is 1.95. The Morgan fingerprint density at radius 3 is 2.38 bits per heavy atom. The van der Waals surface area contributed by atoms with Crippen LogP contribution in [0.4, 0.5) is 0 Å². The summed E-state index contributed by atoms with van der Waals surface area (Å²) in [6.07, 6.45) is 1.79. The molecule has 0 saturated heterocycles. The Hall–Kier alpha value is -0.0800. The van der Waals surface area contributed by atoms with E-state index in [1.165, 1.54) is 0 Å². The third kappa shape index (κ3) is 7.03. The summed E-state index contributed by atoms with van der Waals surface area (Å²) in [5.74, 6) is 0.843. The number of rotatable bonds is 7. The average molecular weight is 207 g/mol. The lowest BCUT2D eigenvalue weighted by Gasteiger charge is -2.13. The van der Waals surface area contributed by atoms with Gasteiger partial charge in [0.2, 0.25) is 0 Å². The predicted molar refractivity (Wildman–Crippen MR) is 55.2 cm³/mol. The van der Waals surface area contributed by atoms with Crippen molar-refractivity contribution in [2.45, 2.75) is 39.7 Å². The van der Waals surface area contributed by atoms with Gasteiger partial charge < -0.3 is 4.74 Å². The third-order valence-corrected chi connectivity index (χ3v) is 2.17. The lowest BCUT2D eigenvalue weighted by molar-refractivity contribution is -0.121. The molecule has 1 atom stereocenters. The van der Waals surface area contributed by atoms with Gasteiger partial charge in [-0.3, -0.25) is 4.79 Å². The van der Waals surface area contributed by atoms with Crippen LogP contribution in [-0.4, -0.2) is 24.4 Å². The van der Waals surface area contributed by atoms with Gasteiger partial charge in [0.1, 0.15) is 5.78 Å². The molecule has 0 aromatic rings. The molecule has 0 spiro atoms. The highest BCUT2D eigenvalue weighted by Crippen LogP contribution is 2.11. The first-order valence-corrected chi connectivity index (χ1v) is 5.29. The SMILES string of the molecule is CC(=O)C(CCCl)CCOC(C)C. The Morgan fingerprint density at radius 2 is 2.00 bits per heavy atom. The van der Waals surface area contributed by atoms with Crippen molar-refractivity contribution < 1.29 is 9.53 Å². The molecule has 0 N–H and O–H groups in total. The molecule has 0 aliphatic rings. The largest absolute Gasteiger partial charge is 0.379 e. The van der Waals surface area contributed by atoms with Crippen molar-refractivity contribution in [3.8, 4) is 0 Å². The van der Waals surface area contributed by atoms with Crippen LogP contribution >= 0.6 is 11.6 Å². The van der Waals surface area contributed by atoms with Crippen molar-refractivity contribution >= 4 is 17.4 Å². The van der Waals surface area contributed by atoms with E-state index in [0.29, 0.717) is 12.5 Å². The highest BCUT2D eigenvalue weighted by Gasteiger charge is 2.13. The minimum atomic E-state index is 0.0799. The van der Waals surface area contributed by atoms with E-state index in [0.717, 1.165) is 12.8 Å². The summed E-state index contributed by atoms with van der Waals surface area (Å²) in [7, 11) is 0. The van der Waals surface area contributed by atoms with E-state index in [1.54, 1.807) is 6.92 Å². The Balaban J connectivity index is 3.63. The number of ketones is 1. The number of alkyl halides is 1. The average Bonchev–Trinajstić information content (AvgIpc) is 2.02. The molecule has 78 valence electrons. The summed E-state index contributed by atoms with van der Waals surface area (Å²) in [4.78, 5) is 11.1. The van der Waals surface area contributed by atoms with Crippen LogP contribution < -0.4 is 0 Å². The maximum Gasteiger partial charge on any atom is 0.133 e. The van der Waals surface area contributed by atoms with Gasteiger partial charge in [0.25, 0.3) is 0 Å². The van der Waals surface area contributed by atoms with Crippen LogP contribution in [0.3, 0.4) is 0 Å². The van der Waals surface area contributed by atoms with Crippen molar-refractivity contribution in [1.29, 1.82) is 0 Å². The van der Waals surface area contributed by atoms with Gasteiger partial charge in [0.15, 0.2) is 0 Å². The monoisotopic (exact) mass is 206 g/mol. The number of carbonyl (C=O) groups excluding carboxylic acids is 1. The van der Waals surface area contributed by atoms with Crippen LogP contribution in [0.1, 0.15) is 33.6 Å². The Labute approximate surface area is 85.6 Å². The zero-order chi connectivity index (χ0) is 10.3. The van der Waals surface area contributed by atoms with E-state index in [9.17, 15) is 4.79 Å². The van der Waals surface area contributed by atoms with Gasteiger partial charge in [0.05, 0.1) is 6.10 Å². The first-order valence-electron chi connectivity index (χ1n) is 4.76. The molecule has 2 nitrogen and oxygen atoms in total. The van der Waals surface area contributed by atoms with E-state index < -0.39 is 0 Å². The molecule has 0 aliphatic carbocycles. The van der Waals surface area contributed by atoms with Crippen molar-refractivity contribution in [3.63, 3.8) is 0 Å². The van der Waals surface area contributed by atoms with Crippen LogP contribution in [0.5, 0.6) is 0 Å². The summed E-state index contributed by atoms with van der Waals surface area (Å²) < 4.78 is 5.37. The van der Waals surface area contributed by atoms with Gasteiger partial charge in [-0.25, -0.2) is 0 Å². The lowest BCUT2D eigenvalue weighted by atomic mass is 9.99. The molecule has 0 saturated carbocycles. The molecule has 0 aromatic heterocycles. The van der Waals surface area contributed by atoms with Gasteiger partial charge in [0, 0.05) is 18.4 Å². The van der Waals surface area contributed by atoms with Gasteiger partial charge in [-0.05, 0) is 33.6 Å². The molecule has 1 unspecified atom stereocenters. The smallest absolute Gasteiger partial charge is 0.133 e. The second-order valence-corrected chi connectivity index (χ2v) is 3.87. The van der Waals surface area contributed by atoms with Crippen molar-refractivity contribution in [2.75, 3.05) is 12.5 Å². The molecular weight excluding hydrogens is 188 g/mol. The van der Waals surface area contributed by atoms with Crippen LogP contribution in [0.25, 0.3) is 0 Å². The molecule has 0 aliphatic heterocycles. The molecule has 0 rings (SSSR count). The minimum Gasteiger partial charge on any atom is -0.379 e. The molecule has 13 heavy (non-hydrogen) atoms. The highest BCUT2D eigenvalue weighted by atomic mass is 35.5. The van der Waals surface area contributed by atoms with Crippen LogP contribution in [0, 0.1) is 5.92 Å². The number of hydrogen-bond donors (Lipinski definition) is 0. The molecular formula is C10H19ClO2. The number of hydrogen-bond acceptors (Lipinski definition) is 2. The maximum atomic E-state index is 11.1. The quantitative estimate of drug-likeness (QED) is 0.599. The molecule has 0 aromatic carbocycles. The van der Waals surface area contributed by atoms with Crippen LogP contribution in [0.15, 0.2) is 0 Å². The van der Waals surface area contributed by atoms with E-state index in [1.807, 2.05) is 13.8 Å². The topological polar surface area (TPSA) is 26.3 Å². The van der Waals surface area contributed by atoms with E-state index in [2.05, 4.69) is 0 Å². The van der Waals surface area contributed by atoms with Crippen molar-refractivity contribution in [1.82, 2.24) is 0 Å².